The highest BCUT2D eigenvalue weighted by atomic mass is 16.5. The lowest BCUT2D eigenvalue weighted by molar-refractivity contribution is -0.150. The molecule has 0 heterocycles. The van der Waals surface area contributed by atoms with Crippen LogP contribution in [0.4, 0.5) is 0 Å². The van der Waals surface area contributed by atoms with Crippen LogP contribution in [0.15, 0.2) is 85.1 Å². The minimum Gasteiger partial charge on any atom is -0.462 e. The summed E-state index contributed by atoms with van der Waals surface area (Å²) in [4.78, 5) is 26.2. The standard InChI is InChI=1S/C61H107NO5/c1-4-7-10-13-16-19-22-25-27-29-30-32-34-36-39-42-45-48-51-54-61(66)67-57(52-49-46-43-40-37-24-21-18-15-12-9-6-3)55-60(65)62-58(56-63)59(64)53-50-47-44-41-38-35-33-31-28-26-23-20-17-14-11-8-5-2/h7,10,16,19,25,27,30,32,36,39-40,43,45,48,57-59,63-64H,4-6,8-9,11-15,17-18,20-24,26,28-29,31,33-35,37-38,41-42,44,46-47,49-56H2,1-3H3,(H,62,65)/b10-7-,19-16-,27-25-,32-30-,39-36-,43-40-,48-45-. The number of aliphatic hydroxyl groups is 2. The van der Waals surface area contributed by atoms with Gasteiger partial charge in [0.2, 0.25) is 5.91 Å². The second kappa shape index (κ2) is 54.0. The second-order valence-electron chi connectivity index (χ2n) is 19.0. The van der Waals surface area contributed by atoms with E-state index in [1.807, 2.05) is 6.08 Å². The summed E-state index contributed by atoms with van der Waals surface area (Å²) in [6.45, 7) is 6.36. The molecular weight excluding hydrogens is 827 g/mol. The van der Waals surface area contributed by atoms with Gasteiger partial charge in [-0.25, -0.2) is 0 Å². The summed E-state index contributed by atoms with van der Waals surface area (Å²) in [6.07, 6.45) is 70.9. The monoisotopic (exact) mass is 934 g/mol. The van der Waals surface area contributed by atoms with E-state index >= 15 is 0 Å². The molecule has 0 rings (SSSR count). The van der Waals surface area contributed by atoms with E-state index in [0.717, 1.165) is 77.0 Å². The van der Waals surface area contributed by atoms with E-state index < -0.39 is 18.2 Å². The first kappa shape index (κ1) is 64.0. The number of nitrogens with one attached hydrogen (secondary N) is 1. The highest BCUT2D eigenvalue weighted by Crippen LogP contribution is 2.17. The molecule has 1 amide bonds. The molecule has 0 aliphatic rings. The smallest absolute Gasteiger partial charge is 0.306 e. The van der Waals surface area contributed by atoms with Crippen LogP contribution in [0.5, 0.6) is 0 Å². The highest BCUT2D eigenvalue weighted by molar-refractivity contribution is 5.77. The van der Waals surface area contributed by atoms with Crippen molar-refractivity contribution in [2.75, 3.05) is 6.61 Å². The summed E-state index contributed by atoms with van der Waals surface area (Å²) in [5.41, 5.74) is 0. The Kier molecular flexibility index (Phi) is 51.6. The van der Waals surface area contributed by atoms with Gasteiger partial charge in [-0.1, -0.05) is 254 Å². The van der Waals surface area contributed by atoms with E-state index in [-0.39, 0.29) is 31.3 Å². The van der Waals surface area contributed by atoms with E-state index in [9.17, 15) is 19.8 Å². The molecule has 6 nitrogen and oxygen atoms in total. The Morgan fingerprint density at radius 1 is 0.448 bits per heavy atom. The van der Waals surface area contributed by atoms with Gasteiger partial charge in [0.25, 0.3) is 0 Å². The molecule has 0 radical (unpaired) electrons. The zero-order valence-electron chi connectivity index (χ0n) is 44.0. The first-order valence-corrected chi connectivity index (χ1v) is 28.3. The number of carbonyl (C=O) groups is 2. The third-order valence-electron chi connectivity index (χ3n) is 12.5. The first-order valence-electron chi connectivity index (χ1n) is 28.3. The summed E-state index contributed by atoms with van der Waals surface area (Å²) in [5, 5.41) is 23.8. The number of ether oxygens (including phenoxy) is 1. The molecule has 0 saturated carbocycles. The topological polar surface area (TPSA) is 95.9 Å². The van der Waals surface area contributed by atoms with Gasteiger partial charge in [-0.2, -0.15) is 0 Å². The Balaban J connectivity index is 4.63. The van der Waals surface area contributed by atoms with Crippen molar-refractivity contribution in [1.82, 2.24) is 5.32 Å². The van der Waals surface area contributed by atoms with Gasteiger partial charge < -0.3 is 20.3 Å². The van der Waals surface area contributed by atoms with Crippen LogP contribution >= 0.6 is 0 Å². The van der Waals surface area contributed by atoms with E-state index in [1.165, 1.54) is 135 Å². The molecule has 0 spiro atoms. The summed E-state index contributed by atoms with van der Waals surface area (Å²) in [6, 6.07) is -0.729. The average Bonchev–Trinajstić information content (AvgIpc) is 3.32. The van der Waals surface area contributed by atoms with Crippen LogP contribution in [0.3, 0.4) is 0 Å². The molecule has 0 aliphatic heterocycles. The molecular formula is C61H107NO5. The minimum atomic E-state index is -0.811. The van der Waals surface area contributed by atoms with Gasteiger partial charge in [0.1, 0.15) is 6.10 Å². The quantitative estimate of drug-likeness (QED) is 0.0321. The Morgan fingerprint density at radius 3 is 1.25 bits per heavy atom. The number of hydrogen-bond donors (Lipinski definition) is 3. The maximum absolute atomic E-state index is 13.2. The van der Waals surface area contributed by atoms with Crippen molar-refractivity contribution >= 4 is 11.9 Å². The number of hydrogen-bond acceptors (Lipinski definition) is 5. The van der Waals surface area contributed by atoms with Crippen LogP contribution in [0, 0.1) is 0 Å². The zero-order chi connectivity index (χ0) is 48.8. The van der Waals surface area contributed by atoms with Crippen molar-refractivity contribution in [3.8, 4) is 0 Å². The number of allylic oxidation sites excluding steroid dienone is 14. The Morgan fingerprint density at radius 2 is 0.821 bits per heavy atom. The van der Waals surface area contributed by atoms with Gasteiger partial charge in [0, 0.05) is 6.42 Å². The van der Waals surface area contributed by atoms with Gasteiger partial charge in [-0.15, -0.1) is 0 Å². The van der Waals surface area contributed by atoms with Gasteiger partial charge in [0.05, 0.1) is 25.2 Å². The van der Waals surface area contributed by atoms with Crippen LogP contribution in [-0.4, -0.2) is 46.9 Å². The number of unbranched alkanes of at least 4 members (excludes halogenated alkanes) is 24. The number of amides is 1. The molecule has 3 N–H and O–H groups in total. The molecule has 3 atom stereocenters. The van der Waals surface area contributed by atoms with Crippen molar-refractivity contribution < 1.29 is 24.5 Å². The Bertz CT molecular complexity index is 1280. The van der Waals surface area contributed by atoms with Gasteiger partial charge in [0.15, 0.2) is 0 Å². The zero-order valence-corrected chi connectivity index (χ0v) is 44.0. The van der Waals surface area contributed by atoms with Crippen molar-refractivity contribution in [2.45, 2.75) is 283 Å². The van der Waals surface area contributed by atoms with Gasteiger partial charge in [-0.3, -0.25) is 9.59 Å². The third kappa shape index (κ3) is 49.3. The molecule has 0 fully saturated rings. The maximum atomic E-state index is 13.2. The summed E-state index contributed by atoms with van der Waals surface area (Å²) in [7, 11) is 0. The van der Waals surface area contributed by atoms with Crippen molar-refractivity contribution in [3.63, 3.8) is 0 Å². The fourth-order valence-corrected chi connectivity index (χ4v) is 8.22. The van der Waals surface area contributed by atoms with E-state index in [4.69, 9.17) is 4.74 Å². The normalized spacial score (nSPS) is 13.8. The predicted molar refractivity (Wildman–Crippen MR) is 291 cm³/mol. The molecule has 0 aromatic carbocycles. The summed E-state index contributed by atoms with van der Waals surface area (Å²) < 4.78 is 5.89. The molecule has 0 aromatic heterocycles. The molecule has 0 aliphatic carbocycles. The predicted octanol–water partition coefficient (Wildman–Crippen LogP) is 17.5. The number of esters is 1. The van der Waals surface area contributed by atoms with Crippen LogP contribution in [0.1, 0.15) is 265 Å². The molecule has 0 saturated heterocycles. The fraction of sp³-hybridized carbons (Fsp3) is 0.738. The highest BCUT2D eigenvalue weighted by Gasteiger charge is 2.24. The lowest BCUT2D eigenvalue weighted by atomic mass is 10.0. The minimum absolute atomic E-state index is 0.0236. The van der Waals surface area contributed by atoms with Crippen LogP contribution < -0.4 is 5.32 Å². The number of aliphatic hydroxyl groups excluding tert-OH is 2. The molecule has 3 unspecified atom stereocenters. The SMILES string of the molecule is CC/C=C\C/C=C\C/C=C\C/C=C\C/C=C\C/C=C\CCC(=O)OC(CCC/C=C\CCCCCCCCC)CC(=O)NC(CO)C(O)CCCCCCCCCCCCCCCCCCC. The Hall–Kier alpha value is -2.96. The molecule has 0 bridgehead atoms. The molecule has 67 heavy (non-hydrogen) atoms. The van der Waals surface area contributed by atoms with Crippen molar-refractivity contribution in [2.24, 2.45) is 0 Å². The molecule has 386 valence electrons. The van der Waals surface area contributed by atoms with Crippen LogP contribution in [-0.2, 0) is 14.3 Å². The van der Waals surface area contributed by atoms with Crippen molar-refractivity contribution in [3.05, 3.63) is 85.1 Å². The molecule has 6 heteroatoms. The van der Waals surface area contributed by atoms with E-state index in [0.29, 0.717) is 19.3 Å². The van der Waals surface area contributed by atoms with E-state index in [1.54, 1.807) is 0 Å². The van der Waals surface area contributed by atoms with Crippen LogP contribution in [0.25, 0.3) is 0 Å². The summed E-state index contributed by atoms with van der Waals surface area (Å²) in [5.74, 6) is -0.603. The summed E-state index contributed by atoms with van der Waals surface area (Å²) >= 11 is 0. The third-order valence-corrected chi connectivity index (χ3v) is 12.5. The molecule has 0 aromatic rings. The number of rotatable bonds is 50. The maximum Gasteiger partial charge on any atom is 0.306 e. The average molecular weight is 935 g/mol. The Labute approximate surface area is 414 Å². The lowest BCUT2D eigenvalue weighted by Crippen LogP contribution is -2.46. The number of carbonyl (C=O) groups excluding carboxylic acids is 2. The fourth-order valence-electron chi connectivity index (χ4n) is 8.22. The van der Waals surface area contributed by atoms with Crippen molar-refractivity contribution in [1.29, 1.82) is 0 Å². The largest absolute Gasteiger partial charge is 0.462 e. The first-order chi connectivity index (χ1) is 33.0. The second-order valence-corrected chi connectivity index (χ2v) is 19.0. The van der Waals surface area contributed by atoms with Gasteiger partial charge in [-0.05, 0) is 83.5 Å². The van der Waals surface area contributed by atoms with Crippen LogP contribution in [0.2, 0.25) is 0 Å². The van der Waals surface area contributed by atoms with E-state index in [2.05, 4.69) is 105 Å². The lowest BCUT2D eigenvalue weighted by Gasteiger charge is -2.24. The van der Waals surface area contributed by atoms with Gasteiger partial charge >= 0.3 is 5.97 Å².